The van der Waals surface area contributed by atoms with Gasteiger partial charge in [0, 0.05) is 20.3 Å². The molecule has 0 unspecified atom stereocenters. The van der Waals surface area contributed by atoms with Gasteiger partial charge in [-0.1, -0.05) is 6.08 Å². The molecule has 0 radical (unpaired) electrons. The van der Waals surface area contributed by atoms with Gasteiger partial charge in [0.25, 0.3) is 0 Å². The van der Waals surface area contributed by atoms with Crippen LogP contribution >= 0.6 is 0 Å². The predicted octanol–water partition coefficient (Wildman–Crippen LogP) is 1.35. The minimum Gasteiger partial charge on any atom is -0.388 e. The molecule has 0 aromatic heterocycles. The van der Waals surface area contributed by atoms with Gasteiger partial charge in [-0.05, 0) is 6.92 Å². The van der Waals surface area contributed by atoms with Crippen LogP contribution < -0.4 is 0 Å². The van der Waals surface area contributed by atoms with Crippen molar-refractivity contribution in [2.24, 2.45) is 0 Å². The van der Waals surface area contributed by atoms with E-state index in [4.69, 9.17) is 5.26 Å². The largest absolute Gasteiger partial charge is 0.388 e. The number of methoxy groups -OCH3 is 1. The molecule has 0 saturated carbocycles. The SMILES string of the molecule is CC=CC#N.COC. The van der Waals surface area contributed by atoms with Crippen molar-refractivity contribution >= 4 is 0 Å². The van der Waals surface area contributed by atoms with E-state index in [0.717, 1.165) is 0 Å². The van der Waals surface area contributed by atoms with Gasteiger partial charge < -0.3 is 4.74 Å². The molecule has 0 rings (SSSR count). The van der Waals surface area contributed by atoms with Crippen molar-refractivity contribution < 1.29 is 4.74 Å². The molecule has 46 valence electrons. The molecule has 0 fully saturated rings. The highest BCUT2D eigenvalue weighted by Gasteiger charge is 1.45. The first-order valence-electron chi connectivity index (χ1n) is 2.24. The molecule has 0 bridgehead atoms. The Morgan fingerprint density at radius 2 is 1.88 bits per heavy atom. The van der Waals surface area contributed by atoms with Crippen LogP contribution in [0.2, 0.25) is 0 Å². The molecule has 8 heavy (non-hydrogen) atoms. The highest BCUT2D eigenvalue weighted by Crippen LogP contribution is 1.58. The summed E-state index contributed by atoms with van der Waals surface area (Å²) in [7, 11) is 3.25. The molecule has 0 aliphatic rings. The fourth-order valence-corrected chi connectivity index (χ4v) is 0.0745. The van der Waals surface area contributed by atoms with E-state index in [2.05, 4.69) is 4.74 Å². The van der Waals surface area contributed by atoms with E-state index in [-0.39, 0.29) is 0 Å². The molecule has 0 saturated heterocycles. The summed E-state index contributed by atoms with van der Waals surface area (Å²) in [6, 6.07) is 1.84. The predicted molar refractivity (Wildman–Crippen MR) is 33.4 cm³/mol. The van der Waals surface area contributed by atoms with E-state index in [1.54, 1.807) is 20.3 Å². The number of nitrogens with zero attached hydrogens (tertiary/aromatic N) is 1. The van der Waals surface area contributed by atoms with Gasteiger partial charge in [0.2, 0.25) is 0 Å². The first kappa shape index (κ1) is 10.2. The molecule has 0 amide bonds. The third-order valence-corrected chi connectivity index (χ3v) is 0.241. The number of ether oxygens (including phenoxy) is 1. The molecule has 0 aromatic carbocycles. The monoisotopic (exact) mass is 113 g/mol. The molecule has 2 heteroatoms. The summed E-state index contributed by atoms with van der Waals surface area (Å²) in [5.41, 5.74) is 0. The molecular weight excluding hydrogens is 102 g/mol. The van der Waals surface area contributed by atoms with E-state index in [1.165, 1.54) is 6.08 Å². The topological polar surface area (TPSA) is 33.0 Å². The molecule has 0 spiro atoms. The number of hydrogen-bond donors (Lipinski definition) is 0. The van der Waals surface area contributed by atoms with Gasteiger partial charge in [-0.25, -0.2) is 0 Å². The summed E-state index contributed by atoms with van der Waals surface area (Å²) in [6.07, 6.45) is 3.12. The molecule has 0 aromatic rings. The molecule has 0 aliphatic carbocycles. The molecule has 0 aliphatic heterocycles. The maximum Gasteiger partial charge on any atom is 0.0908 e. The average Bonchev–Trinajstić information content (AvgIpc) is 1.71. The van der Waals surface area contributed by atoms with Gasteiger partial charge in [-0.15, -0.1) is 0 Å². The third-order valence-electron chi connectivity index (χ3n) is 0.241. The van der Waals surface area contributed by atoms with Gasteiger partial charge in [0.1, 0.15) is 0 Å². The second kappa shape index (κ2) is 16.4. The Kier molecular flexibility index (Phi) is 20.9. The maximum absolute atomic E-state index is 7.73. The van der Waals surface area contributed by atoms with Gasteiger partial charge in [-0.3, -0.25) is 0 Å². The maximum atomic E-state index is 7.73. The van der Waals surface area contributed by atoms with Crippen molar-refractivity contribution in [2.45, 2.75) is 6.92 Å². The zero-order chi connectivity index (χ0) is 6.83. The number of rotatable bonds is 0. The van der Waals surface area contributed by atoms with E-state index in [1.807, 2.05) is 13.0 Å². The average molecular weight is 113 g/mol. The second-order valence-electron chi connectivity index (χ2n) is 1.04. The van der Waals surface area contributed by atoms with Crippen molar-refractivity contribution in [1.29, 1.82) is 5.26 Å². The van der Waals surface area contributed by atoms with Crippen LogP contribution in [0.4, 0.5) is 0 Å². The van der Waals surface area contributed by atoms with Crippen LogP contribution in [0.1, 0.15) is 6.92 Å². The number of nitriles is 1. The van der Waals surface area contributed by atoms with E-state index in [9.17, 15) is 0 Å². The highest BCUT2D eigenvalue weighted by molar-refractivity contribution is 4.99. The standard InChI is InChI=1S/C4H5N.C2H6O/c1-2-3-4-5;1-3-2/h2-3H,1H3;1-2H3. The Balaban J connectivity index is 0. The van der Waals surface area contributed by atoms with Gasteiger partial charge in [-0.2, -0.15) is 5.26 Å². The van der Waals surface area contributed by atoms with Crippen molar-refractivity contribution in [2.75, 3.05) is 14.2 Å². The van der Waals surface area contributed by atoms with Gasteiger partial charge in [0.15, 0.2) is 0 Å². The van der Waals surface area contributed by atoms with E-state index >= 15 is 0 Å². The van der Waals surface area contributed by atoms with Crippen molar-refractivity contribution in [1.82, 2.24) is 0 Å². The van der Waals surface area contributed by atoms with E-state index in [0.29, 0.717) is 0 Å². The summed E-state index contributed by atoms with van der Waals surface area (Å²) < 4.78 is 4.25. The quantitative estimate of drug-likeness (QED) is 0.444. The fourth-order valence-electron chi connectivity index (χ4n) is 0.0745. The van der Waals surface area contributed by atoms with Crippen LogP contribution in [0.25, 0.3) is 0 Å². The summed E-state index contributed by atoms with van der Waals surface area (Å²) in [4.78, 5) is 0. The van der Waals surface area contributed by atoms with Crippen molar-refractivity contribution in [3.05, 3.63) is 12.2 Å². The normalized spacial score (nSPS) is 7.25. The molecule has 2 nitrogen and oxygen atoms in total. The Labute approximate surface area is 50.4 Å². The van der Waals surface area contributed by atoms with Crippen LogP contribution in [-0.4, -0.2) is 14.2 Å². The Hall–Kier alpha value is -0.810. The number of hydrogen-bond acceptors (Lipinski definition) is 2. The minimum absolute atomic E-state index is 1.43. The minimum atomic E-state index is 1.43. The van der Waals surface area contributed by atoms with Crippen LogP contribution in [0.5, 0.6) is 0 Å². The Morgan fingerprint density at radius 1 is 1.50 bits per heavy atom. The lowest BCUT2D eigenvalue weighted by molar-refractivity contribution is 0.277. The van der Waals surface area contributed by atoms with Gasteiger partial charge >= 0.3 is 0 Å². The first-order valence-corrected chi connectivity index (χ1v) is 2.24. The van der Waals surface area contributed by atoms with Crippen molar-refractivity contribution in [3.63, 3.8) is 0 Å². The summed E-state index contributed by atoms with van der Waals surface area (Å²) in [5.74, 6) is 0. The fraction of sp³-hybridized carbons (Fsp3) is 0.500. The molecular formula is C6H11NO. The van der Waals surface area contributed by atoms with E-state index < -0.39 is 0 Å². The summed E-state index contributed by atoms with van der Waals surface area (Å²) in [6.45, 7) is 1.81. The third kappa shape index (κ3) is 64.3. The van der Waals surface area contributed by atoms with Crippen LogP contribution in [0, 0.1) is 11.3 Å². The highest BCUT2D eigenvalue weighted by atomic mass is 16.4. The Morgan fingerprint density at radius 3 is 1.88 bits per heavy atom. The summed E-state index contributed by atoms with van der Waals surface area (Å²) in [5, 5.41) is 7.73. The lowest BCUT2D eigenvalue weighted by Gasteiger charge is -1.61. The van der Waals surface area contributed by atoms with Crippen molar-refractivity contribution in [3.8, 4) is 6.07 Å². The zero-order valence-electron chi connectivity index (χ0n) is 5.51. The smallest absolute Gasteiger partial charge is 0.0908 e. The molecule has 0 N–H and O–H groups in total. The second-order valence-corrected chi connectivity index (χ2v) is 1.04. The zero-order valence-corrected chi connectivity index (χ0v) is 5.51. The molecule has 0 atom stereocenters. The molecule has 0 heterocycles. The lowest BCUT2D eigenvalue weighted by Crippen LogP contribution is -1.55. The van der Waals surface area contributed by atoms with Crippen LogP contribution in [0.15, 0.2) is 12.2 Å². The summed E-state index contributed by atoms with van der Waals surface area (Å²) >= 11 is 0. The van der Waals surface area contributed by atoms with Gasteiger partial charge in [0.05, 0.1) is 6.07 Å². The lowest BCUT2D eigenvalue weighted by atomic mass is 10.6. The first-order chi connectivity index (χ1) is 3.83. The van der Waals surface area contributed by atoms with Crippen LogP contribution in [-0.2, 0) is 4.74 Å². The Bertz CT molecular complexity index is 81.0. The number of allylic oxidation sites excluding steroid dienone is 2. The van der Waals surface area contributed by atoms with Crippen LogP contribution in [0.3, 0.4) is 0 Å².